The highest BCUT2D eigenvalue weighted by atomic mass is 16.6. The molecule has 0 heterocycles. The Bertz CT molecular complexity index is 749. The number of hydrogen-bond acceptors (Lipinski definition) is 3. The molecule has 0 N–H and O–H groups in total. The molecule has 3 heteroatoms. The molecule has 1 aliphatic carbocycles. The van der Waals surface area contributed by atoms with Crippen molar-refractivity contribution in [2.45, 2.75) is 46.1 Å². The molecule has 1 unspecified atom stereocenters. The van der Waals surface area contributed by atoms with Crippen molar-refractivity contribution in [3.05, 3.63) is 53.6 Å². The quantitative estimate of drug-likeness (QED) is 0.568. The zero-order chi connectivity index (χ0) is 17.8. The van der Waals surface area contributed by atoms with Crippen molar-refractivity contribution in [3.63, 3.8) is 0 Å². The number of carbonyl (C=O) groups excluding carboxylic acids is 1. The molecule has 0 amide bonds. The largest absolute Gasteiger partial charge is 0.479 e. The summed E-state index contributed by atoms with van der Waals surface area (Å²) in [6, 6.07) is 14.6. The Labute approximate surface area is 150 Å². The van der Waals surface area contributed by atoms with Crippen LogP contribution in [0.3, 0.4) is 0 Å². The Morgan fingerprint density at radius 1 is 1.04 bits per heavy atom. The van der Waals surface area contributed by atoms with Gasteiger partial charge in [0.2, 0.25) is 0 Å². The third-order valence-electron chi connectivity index (χ3n) is 4.60. The summed E-state index contributed by atoms with van der Waals surface area (Å²) in [4.78, 5) is 12.2. The van der Waals surface area contributed by atoms with Gasteiger partial charge in [0.1, 0.15) is 5.75 Å². The van der Waals surface area contributed by atoms with Crippen molar-refractivity contribution in [2.24, 2.45) is 5.92 Å². The van der Waals surface area contributed by atoms with E-state index in [0.29, 0.717) is 18.9 Å². The van der Waals surface area contributed by atoms with E-state index in [1.807, 2.05) is 13.0 Å². The van der Waals surface area contributed by atoms with Gasteiger partial charge in [0, 0.05) is 0 Å². The second kappa shape index (κ2) is 7.73. The Balaban J connectivity index is 1.77. The van der Waals surface area contributed by atoms with Gasteiger partial charge >= 0.3 is 5.97 Å². The molecule has 1 atom stereocenters. The van der Waals surface area contributed by atoms with E-state index in [1.165, 1.54) is 22.3 Å². The first kappa shape index (κ1) is 17.5. The average Bonchev–Trinajstić information content (AvgIpc) is 2.96. The molecular formula is C22H26O3. The number of hydrogen-bond donors (Lipinski definition) is 0. The van der Waals surface area contributed by atoms with Crippen LogP contribution >= 0.6 is 0 Å². The van der Waals surface area contributed by atoms with Gasteiger partial charge in [-0.3, -0.25) is 0 Å². The molecule has 0 aliphatic heterocycles. The molecule has 0 aromatic heterocycles. The van der Waals surface area contributed by atoms with E-state index in [-0.39, 0.29) is 5.97 Å². The number of benzene rings is 2. The molecule has 0 saturated carbocycles. The van der Waals surface area contributed by atoms with Crippen molar-refractivity contribution < 1.29 is 14.3 Å². The molecule has 2 aromatic rings. The van der Waals surface area contributed by atoms with E-state index >= 15 is 0 Å². The van der Waals surface area contributed by atoms with Crippen molar-refractivity contribution >= 4 is 5.97 Å². The van der Waals surface area contributed by atoms with Crippen LogP contribution in [0.1, 0.15) is 44.7 Å². The van der Waals surface area contributed by atoms with Crippen molar-refractivity contribution in [1.82, 2.24) is 0 Å². The van der Waals surface area contributed by atoms with Crippen LogP contribution in [0.25, 0.3) is 11.1 Å². The van der Waals surface area contributed by atoms with Gasteiger partial charge in [-0.15, -0.1) is 0 Å². The lowest BCUT2D eigenvalue weighted by Crippen LogP contribution is -2.30. The van der Waals surface area contributed by atoms with E-state index in [1.54, 1.807) is 0 Å². The Morgan fingerprint density at radius 3 is 2.56 bits per heavy atom. The average molecular weight is 338 g/mol. The fraction of sp³-hybridized carbons (Fsp3) is 0.409. The maximum atomic E-state index is 12.2. The number of esters is 1. The third kappa shape index (κ3) is 4.04. The van der Waals surface area contributed by atoms with Crippen LogP contribution in [0.4, 0.5) is 0 Å². The van der Waals surface area contributed by atoms with Crippen LogP contribution in [0, 0.1) is 5.92 Å². The van der Waals surface area contributed by atoms with Gasteiger partial charge in [-0.1, -0.05) is 44.2 Å². The second-order valence-electron chi connectivity index (χ2n) is 6.98. The van der Waals surface area contributed by atoms with Crippen LogP contribution in [-0.4, -0.2) is 18.7 Å². The van der Waals surface area contributed by atoms with E-state index in [0.717, 1.165) is 18.6 Å². The van der Waals surface area contributed by atoms with E-state index in [2.05, 4.69) is 50.2 Å². The van der Waals surface area contributed by atoms with Crippen LogP contribution in [-0.2, 0) is 16.0 Å². The Kier molecular flexibility index (Phi) is 5.42. The third-order valence-corrected chi connectivity index (χ3v) is 4.60. The monoisotopic (exact) mass is 338 g/mol. The molecule has 0 spiro atoms. The maximum Gasteiger partial charge on any atom is 0.347 e. The van der Waals surface area contributed by atoms with E-state index in [9.17, 15) is 4.79 Å². The molecule has 3 rings (SSSR count). The minimum Gasteiger partial charge on any atom is -0.479 e. The molecule has 0 saturated heterocycles. The Morgan fingerprint density at radius 2 is 1.80 bits per heavy atom. The van der Waals surface area contributed by atoms with Crippen LogP contribution in [0.15, 0.2) is 42.5 Å². The van der Waals surface area contributed by atoms with Crippen LogP contribution in [0.5, 0.6) is 5.75 Å². The van der Waals surface area contributed by atoms with E-state index < -0.39 is 6.10 Å². The molecule has 0 bridgehead atoms. The van der Waals surface area contributed by atoms with Gasteiger partial charge in [-0.05, 0) is 66.5 Å². The molecule has 0 radical (unpaired) electrons. The van der Waals surface area contributed by atoms with Gasteiger partial charge in [-0.25, -0.2) is 4.79 Å². The number of fused-ring (bicyclic) bond motifs is 3. The maximum absolute atomic E-state index is 12.2. The SMILES string of the molecule is CCOC(=O)C(CCC(C)C)Oc1ccc2c(c1)Cc1ccccc1-2. The second-order valence-corrected chi connectivity index (χ2v) is 6.98. The first-order chi connectivity index (χ1) is 12.1. The van der Waals surface area contributed by atoms with Crippen molar-refractivity contribution in [3.8, 4) is 16.9 Å². The predicted octanol–water partition coefficient (Wildman–Crippen LogP) is 5.00. The molecular weight excluding hydrogens is 312 g/mol. The fourth-order valence-corrected chi connectivity index (χ4v) is 3.30. The summed E-state index contributed by atoms with van der Waals surface area (Å²) in [6.45, 7) is 6.49. The first-order valence-corrected chi connectivity index (χ1v) is 9.13. The van der Waals surface area contributed by atoms with Crippen molar-refractivity contribution in [2.75, 3.05) is 6.61 Å². The lowest BCUT2D eigenvalue weighted by molar-refractivity contribution is -0.151. The molecule has 0 fully saturated rings. The highest BCUT2D eigenvalue weighted by molar-refractivity contribution is 5.78. The molecule has 2 aromatic carbocycles. The normalized spacial score (nSPS) is 13.3. The summed E-state index contributed by atoms with van der Waals surface area (Å²) in [6.07, 6.45) is 1.98. The fourth-order valence-electron chi connectivity index (χ4n) is 3.30. The summed E-state index contributed by atoms with van der Waals surface area (Å²) in [5.41, 5.74) is 5.16. The summed E-state index contributed by atoms with van der Waals surface area (Å²) < 4.78 is 11.2. The standard InChI is InChI=1S/C22H26O3/c1-4-24-22(23)21(12-9-15(2)3)25-18-10-11-20-17(14-18)13-16-7-5-6-8-19(16)20/h5-8,10-11,14-15,21H,4,9,12-13H2,1-3H3. The van der Waals surface area contributed by atoms with Gasteiger partial charge in [0.25, 0.3) is 0 Å². The minimum absolute atomic E-state index is 0.271. The summed E-state index contributed by atoms with van der Waals surface area (Å²) in [7, 11) is 0. The number of carbonyl (C=O) groups is 1. The highest BCUT2D eigenvalue weighted by Crippen LogP contribution is 2.38. The Hall–Kier alpha value is -2.29. The van der Waals surface area contributed by atoms with Gasteiger partial charge < -0.3 is 9.47 Å². The molecule has 1 aliphatic rings. The smallest absolute Gasteiger partial charge is 0.347 e. The topological polar surface area (TPSA) is 35.5 Å². The lowest BCUT2D eigenvalue weighted by Gasteiger charge is -2.19. The lowest BCUT2D eigenvalue weighted by atomic mass is 10.0. The van der Waals surface area contributed by atoms with Crippen LogP contribution < -0.4 is 4.74 Å². The van der Waals surface area contributed by atoms with E-state index in [4.69, 9.17) is 9.47 Å². The predicted molar refractivity (Wildman–Crippen MR) is 99.8 cm³/mol. The zero-order valence-corrected chi connectivity index (χ0v) is 15.2. The highest BCUT2D eigenvalue weighted by Gasteiger charge is 2.24. The number of ether oxygens (including phenoxy) is 2. The number of rotatable bonds is 7. The summed E-state index contributed by atoms with van der Waals surface area (Å²) in [5, 5.41) is 0. The molecule has 25 heavy (non-hydrogen) atoms. The zero-order valence-electron chi connectivity index (χ0n) is 15.2. The molecule has 132 valence electrons. The first-order valence-electron chi connectivity index (χ1n) is 9.13. The van der Waals surface area contributed by atoms with Crippen LogP contribution in [0.2, 0.25) is 0 Å². The summed E-state index contributed by atoms with van der Waals surface area (Å²) >= 11 is 0. The summed E-state index contributed by atoms with van der Waals surface area (Å²) in [5.74, 6) is 0.996. The molecule has 3 nitrogen and oxygen atoms in total. The minimum atomic E-state index is -0.538. The van der Waals surface area contributed by atoms with Gasteiger partial charge in [0.05, 0.1) is 6.61 Å². The van der Waals surface area contributed by atoms with Gasteiger partial charge in [0.15, 0.2) is 6.10 Å². The van der Waals surface area contributed by atoms with Gasteiger partial charge in [-0.2, -0.15) is 0 Å². The van der Waals surface area contributed by atoms with Crippen molar-refractivity contribution in [1.29, 1.82) is 0 Å².